The van der Waals surface area contributed by atoms with Crippen LogP contribution in [0.25, 0.3) is 10.9 Å². The first-order valence-corrected chi connectivity index (χ1v) is 7.21. The highest BCUT2D eigenvalue weighted by molar-refractivity contribution is 5.95. The quantitative estimate of drug-likeness (QED) is 0.322. The van der Waals surface area contributed by atoms with Crippen LogP contribution in [0.5, 0.6) is 0 Å². The molecule has 0 aliphatic heterocycles. The number of nitrogens with zero attached hydrogens (tertiary/aromatic N) is 2. The molecule has 114 valence electrons. The Hall–Kier alpha value is -3.08. The highest BCUT2D eigenvalue weighted by Gasteiger charge is 2.17. The standard InChI is InChI=1S/C18H15N2O3/c1-13-7-8-17-14(10-13)5-3-9-19(17)12-18(21)15-4-2-6-16(11-15)20(22)23/h2-11H,12H2,1H3/q+1. The summed E-state index contributed by atoms with van der Waals surface area (Å²) in [5, 5.41) is 11.9. The first-order chi connectivity index (χ1) is 11.0. The van der Waals surface area contributed by atoms with Crippen molar-refractivity contribution in [3.63, 3.8) is 0 Å². The molecule has 0 spiro atoms. The van der Waals surface area contributed by atoms with Gasteiger partial charge in [0.25, 0.3) is 5.69 Å². The summed E-state index contributed by atoms with van der Waals surface area (Å²) < 4.78 is 1.86. The number of fused-ring (bicyclic) bond motifs is 1. The molecule has 1 aromatic heterocycles. The normalized spacial score (nSPS) is 10.7. The molecule has 3 aromatic rings. The summed E-state index contributed by atoms with van der Waals surface area (Å²) in [7, 11) is 0. The van der Waals surface area contributed by atoms with Crippen LogP contribution < -0.4 is 4.57 Å². The van der Waals surface area contributed by atoms with Gasteiger partial charge in [-0.05, 0) is 19.1 Å². The van der Waals surface area contributed by atoms with Gasteiger partial charge in [0.05, 0.1) is 4.92 Å². The van der Waals surface area contributed by atoms with Crippen LogP contribution in [0.15, 0.2) is 60.8 Å². The van der Waals surface area contributed by atoms with E-state index in [-0.39, 0.29) is 18.0 Å². The Morgan fingerprint density at radius 2 is 1.96 bits per heavy atom. The topological polar surface area (TPSA) is 64.1 Å². The molecule has 0 N–H and O–H groups in total. The van der Waals surface area contributed by atoms with E-state index in [1.807, 2.05) is 42.0 Å². The number of carbonyl (C=O) groups is 1. The molecule has 0 aliphatic carbocycles. The summed E-state index contributed by atoms with van der Waals surface area (Å²) in [5.74, 6) is -0.160. The molecule has 1 heterocycles. The molecule has 2 aromatic carbocycles. The molecule has 0 amide bonds. The number of aryl methyl sites for hydroxylation is 1. The van der Waals surface area contributed by atoms with Crippen molar-refractivity contribution in [2.24, 2.45) is 0 Å². The number of nitro groups is 1. The predicted molar refractivity (Wildman–Crippen MR) is 86.3 cm³/mol. The van der Waals surface area contributed by atoms with E-state index < -0.39 is 4.92 Å². The minimum atomic E-state index is -0.495. The van der Waals surface area contributed by atoms with Crippen LogP contribution in [0.2, 0.25) is 0 Å². The van der Waals surface area contributed by atoms with Gasteiger partial charge in [0.1, 0.15) is 0 Å². The van der Waals surface area contributed by atoms with E-state index in [9.17, 15) is 14.9 Å². The van der Waals surface area contributed by atoms with Crippen molar-refractivity contribution in [3.8, 4) is 0 Å². The summed E-state index contributed by atoms with van der Waals surface area (Å²) in [6.45, 7) is 2.16. The van der Waals surface area contributed by atoms with Gasteiger partial charge < -0.3 is 0 Å². The van der Waals surface area contributed by atoms with Crippen molar-refractivity contribution in [2.75, 3.05) is 0 Å². The lowest BCUT2D eigenvalue weighted by Gasteiger charge is -2.02. The lowest BCUT2D eigenvalue weighted by atomic mass is 10.1. The zero-order valence-electron chi connectivity index (χ0n) is 12.6. The number of aromatic nitrogens is 1. The number of rotatable bonds is 4. The first kappa shape index (κ1) is 14.8. The van der Waals surface area contributed by atoms with Gasteiger partial charge in [0, 0.05) is 35.2 Å². The molecule has 3 rings (SSSR count). The fraction of sp³-hybridized carbons (Fsp3) is 0.111. The zero-order chi connectivity index (χ0) is 16.4. The molecular formula is C18H15N2O3+. The third-order valence-electron chi connectivity index (χ3n) is 3.73. The third-order valence-corrected chi connectivity index (χ3v) is 3.73. The molecule has 5 nitrogen and oxygen atoms in total. The maximum Gasteiger partial charge on any atom is 0.270 e. The van der Waals surface area contributed by atoms with Crippen molar-refractivity contribution in [3.05, 3.63) is 82.0 Å². The third kappa shape index (κ3) is 3.08. The minimum absolute atomic E-state index is 0.0746. The summed E-state index contributed by atoms with van der Waals surface area (Å²) >= 11 is 0. The average molecular weight is 307 g/mol. The average Bonchev–Trinajstić information content (AvgIpc) is 2.54. The van der Waals surface area contributed by atoms with E-state index in [1.165, 1.54) is 18.2 Å². The molecule has 0 bridgehead atoms. The smallest absolute Gasteiger partial charge is 0.270 e. The highest BCUT2D eigenvalue weighted by atomic mass is 16.6. The number of pyridine rings is 1. The van der Waals surface area contributed by atoms with E-state index in [2.05, 4.69) is 6.07 Å². The molecule has 0 fully saturated rings. The fourth-order valence-electron chi connectivity index (χ4n) is 2.58. The highest BCUT2D eigenvalue weighted by Crippen LogP contribution is 2.15. The van der Waals surface area contributed by atoms with Crippen LogP contribution >= 0.6 is 0 Å². The lowest BCUT2D eigenvalue weighted by Crippen LogP contribution is -2.38. The number of carbonyl (C=O) groups excluding carboxylic acids is 1. The van der Waals surface area contributed by atoms with Gasteiger partial charge in [-0.1, -0.05) is 23.8 Å². The molecular weight excluding hydrogens is 292 g/mol. The van der Waals surface area contributed by atoms with E-state index in [0.29, 0.717) is 5.56 Å². The van der Waals surface area contributed by atoms with Crippen LogP contribution in [0.1, 0.15) is 15.9 Å². The Balaban J connectivity index is 1.94. The fourth-order valence-corrected chi connectivity index (χ4v) is 2.58. The van der Waals surface area contributed by atoms with Crippen molar-refractivity contribution >= 4 is 22.4 Å². The second-order valence-electron chi connectivity index (χ2n) is 5.43. The number of hydrogen-bond acceptors (Lipinski definition) is 3. The number of hydrogen-bond donors (Lipinski definition) is 0. The second-order valence-corrected chi connectivity index (χ2v) is 5.43. The Morgan fingerprint density at radius 3 is 2.74 bits per heavy atom. The van der Waals surface area contributed by atoms with Crippen LogP contribution in [0.4, 0.5) is 5.69 Å². The molecule has 23 heavy (non-hydrogen) atoms. The molecule has 0 saturated heterocycles. The number of nitro benzene ring substituents is 1. The minimum Gasteiger partial charge on any atom is -0.287 e. The van der Waals surface area contributed by atoms with Gasteiger partial charge in [-0.25, -0.2) is 0 Å². The van der Waals surface area contributed by atoms with Gasteiger partial charge in [0.15, 0.2) is 6.20 Å². The van der Waals surface area contributed by atoms with Gasteiger partial charge >= 0.3 is 0 Å². The molecule has 0 aliphatic rings. The maximum absolute atomic E-state index is 12.5. The number of ketones is 1. The van der Waals surface area contributed by atoms with Crippen molar-refractivity contribution in [1.29, 1.82) is 0 Å². The molecule has 0 unspecified atom stereocenters. The van der Waals surface area contributed by atoms with E-state index >= 15 is 0 Å². The van der Waals surface area contributed by atoms with E-state index in [0.717, 1.165) is 16.5 Å². The lowest BCUT2D eigenvalue weighted by molar-refractivity contribution is -0.657. The predicted octanol–water partition coefficient (Wildman–Crippen LogP) is 3.23. The Labute approximate surface area is 133 Å². The van der Waals surface area contributed by atoms with Gasteiger partial charge in [-0.15, -0.1) is 0 Å². The molecule has 5 heteroatoms. The summed E-state index contributed by atoms with van der Waals surface area (Å²) in [6, 6.07) is 15.8. The molecule has 0 saturated carbocycles. The molecule has 0 radical (unpaired) electrons. The van der Waals surface area contributed by atoms with E-state index in [4.69, 9.17) is 0 Å². The van der Waals surface area contributed by atoms with Gasteiger partial charge in [-0.2, -0.15) is 4.57 Å². The zero-order valence-corrected chi connectivity index (χ0v) is 12.6. The van der Waals surface area contributed by atoms with Crippen LogP contribution in [-0.2, 0) is 6.54 Å². The van der Waals surface area contributed by atoms with Gasteiger partial charge in [-0.3, -0.25) is 14.9 Å². The van der Waals surface area contributed by atoms with Crippen LogP contribution in [0, 0.1) is 17.0 Å². The van der Waals surface area contributed by atoms with Crippen molar-refractivity contribution in [1.82, 2.24) is 0 Å². The largest absolute Gasteiger partial charge is 0.287 e. The summed E-state index contributed by atoms with van der Waals surface area (Å²) in [5.41, 5.74) is 2.38. The first-order valence-electron chi connectivity index (χ1n) is 7.21. The van der Waals surface area contributed by atoms with Gasteiger partial charge in [0.2, 0.25) is 17.8 Å². The monoisotopic (exact) mass is 307 g/mol. The Bertz CT molecular complexity index is 919. The van der Waals surface area contributed by atoms with Crippen molar-refractivity contribution in [2.45, 2.75) is 13.5 Å². The number of benzene rings is 2. The SMILES string of the molecule is Cc1ccc2c(ccc[n+]2CC(=O)c2cccc([N+](=O)[O-])c2)c1. The number of non-ortho nitro benzene ring substituents is 1. The van der Waals surface area contributed by atoms with Crippen molar-refractivity contribution < 1.29 is 14.3 Å². The summed E-state index contributed by atoms with van der Waals surface area (Å²) in [4.78, 5) is 22.8. The Kier molecular flexibility index (Phi) is 3.85. The molecule has 0 atom stereocenters. The second kappa shape index (κ2) is 5.96. The van der Waals surface area contributed by atoms with E-state index in [1.54, 1.807) is 6.07 Å². The number of Topliss-reactive ketones (excluding diaryl/α,β-unsaturated/α-hetero) is 1. The van der Waals surface area contributed by atoms with Crippen LogP contribution in [0.3, 0.4) is 0 Å². The maximum atomic E-state index is 12.5. The summed E-state index contributed by atoms with van der Waals surface area (Å²) in [6.07, 6.45) is 1.84. The Morgan fingerprint density at radius 1 is 1.13 bits per heavy atom. The van der Waals surface area contributed by atoms with Crippen LogP contribution in [-0.4, -0.2) is 10.7 Å².